The van der Waals surface area contributed by atoms with Gasteiger partial charge in [-0.2, -0.15) is 4.98 Å². The van der Waals surface area contributed by atoms with Crippen LogP contribution in [0, 0.1) is 0 Å². The quantitative estimate of drug-likeness (QED) is 0.701. The van der Waals surface area contributed by atoms with Gasteiger partial charge in [0.05, 0.1) is 21.3 Å². The van der Waals surface area contributed by atoms with Gasteiger partial charge in [0.2, 0.25) is 5.82 Å². The molecule has 0 amide bonds. The van der Waals surface area contributed by atoms with Crippen LogP contribution in [0.5, 0.6) is 0 Å². The average molecular weight is 342 g/mol. The molecule has 1 aromatic carbocycles. The smallest absolute Gasteiger partial charge is 0.260 e. The Labute approximate surface area is 134 Å². The largest absolute Gasteiger partial charge is 0.397 e. The molecule has 5 nitrogen and oxygen atoms in total. The van der Waals surface area contributed by atoms with Crippen LogP contribution < -0.4 is 5.73 Å². The Morgan fingerprint density at radius 1 is 1.10 bits per heavy atom. The number of rotatable bonds is 2. The molecule has 2 N–H and O–H groups in total. The van der Waals surface area contributed by atoms with Gasteiger partial charge in [-0.3, -0.25) is 4.98 Å². The van der Waals surface area contributed by atoms with Gasteiger partial charge in [0, 0.05) is 11.2 Å². The topological polar surface area (TPSA) is 77.8 Å². The summed E-state index contributed by atoms with van der Waals surface area (Å²) >= 11 is 18.0. The van der Waals surface area contributed by atoms with Crippen molar-refractivity contribution in [3.63, 3.8) is 0 Å². The Bertz CT molecular complexity index is 819. The number of hydrogen-bond donors (Lipinski definition) is 1. The summed E-state index contributed by atoms with van der Waals surface area (Å²) < 4.78 is 5.19. The van der Waals surface area contributed by atoms with Gasteiger partial charge >= 0.3 is 0 Å². The Morgan fingerprint density at radius 3 is 2.67 bits per heavy atom. The van der Waals surface area contributed by atoms with Crippen molar-refractivity contribution in [1.82, 2.24) is 15.1 Å². The summed E-state index contributed by atoms with van der Waals surface area (Å²) in [6, 6.07) is 6.53. The first-order valence-electron chi connectivity index (χ1n) is 5.75. The summed E-state index contributed by atoms with van der Waals surface area (Å²) in [7, 11) is 0. The second-order valence-corrected chi connectivity index (χ2v) is 5.36. The van der Waals surface area contributed by atoms with Gasteiger partial charge < -0.3 is 10.3 Å². The third kappa shape index (κ3) is 2.68. The van der Waals surface area contributed by atoms with Crippen LogP contribution in [0.1, 0.15) is 0 Å². The standard InChI is InChI=1S/C13H7Cl3N4O/c14-6-4-7(10(17)9(16)5-6)13-19-12(20-21-13)11-8(15)2-1-3-18-11/h1-5H,17H2. The van der Waals surface area contributed by atoms with Crippen LogP contribution >= 0.6 is 34.8 Å². The summed E-state index contributed by atoms with van der Waals surface area (Å²) in [6.45, 7) is 0. The molecule has 2 heterocycles. The number of benzene rings is 1. The number of nitrogens with two attached hydrogens (primary N) is 1. The molecule has 0 saturated carbocycles. The van der Waals surface area contributed by atoms with E-state index < -0.39 is 0 Å². The highest BCUT2D eigenvalue weighted by atomic mass is 35.5. The molecule has 2 aromatic heterocycles. The molecule has 0 atom stereocenters. The molecule has 3 aromatic rings. The fraction of sp³-hybridized carbons (Fsp3) is 0. The Kier molecular flexibility index (Phi) is 3.71. The summed E-state index contributed by atoms with van der Waals surface area (Å²) in [5.74, 6) is 0.444. The van der Waals surface area contributed by atoms with E-state index in [0.717, 1.165) is 0 Å². The molecule has 0 spiro atoms. The molecule has 0 aliphatic heterocycles. The molecule has 3 rings (SSSR count). The average Bonchev–Trinajstić information content (AvgIpc) is 2.92. The molecular formula is C13H7Cl3N4O. The third-order valence-corrected chi connectivity index (χ3v) is 3.56. The van der Waals surface area contributed by atoms with Crippen LogP contribution in [0.15, 0.2) is 35.0 Å². The first kappa shape index (κ1) is 14.1. The van der Waals surface area contributed by atoms with Gasteiger partial charge in [-0.15, -0.1) is 0 Å². The molecule has 0 fully saturated rings. The summed E-state index contributed by atoms with van der Waals surface area (Å²) in [5.41, 5.74) is 7.08. The molecule has 8 heteroatoms. The van der Waals surface area contributed by atoms with Gasteiger partial charge in [-0.05, 0) is 24.3 Å². The highest BCUT2D eigenvalue weighted by molar-refractivity contribution is 6.37. The van der Waals surface area contributed by atoms with E-state index in [9.17, 15) is 0 Å². The van der Waals surface area contributed by atoms with Gasteiger partial charge in [0.25, 0.3) is 5.89 Å². The zero-order valence-electron chi connectivity index (χ0n) is 10.3. The number of pyridine rings is 1. The van der Waals surface area contributed by atoms with Gasteiger partial charge in [-0.1, -0.05) is 40.0 Å². The van der Waals surface area contributed by atoms with Crippen LogP contribution in [0.2, 0.25) is 15.1 Å². The zero-order chi connectivity index (χ0) is 15.0. The predicted molar refractivity (Wildman–Crippen MR) is 82.4 cm³/mol. The summed E-state index contributed by atoms with van der Waals surface area (Å²) in [6.07, 6.45) is 1.59. The number of hydrogen-bond acceptors (Lipinski definition) is 5. The monoisotopic (exact) mass is 340 g/mol. The minimum absolute atomic E-state index is 0.189. The van der Waals surface area contributed by atoms with E-state index in [0.29, 0.717) is 32.0 Å². The van der Waals surface area contributed by atoms with Crippen molar-refractivity contribution in [3.05, 3.63) is 45.5 Å². The van der Waals surface area contributed by atoms with Gasteiger partial charge in [0.1, 0.15) is 5.69 Å². The number of anilines is 1. The minimum atomic E-state index is 0.189. The Hall–Kier alpha value is -1.82. The first-order chi connectivity index (χ1) is 10.1. The lowest BCUT2D eigenvalue weighted by Gasteiger charge is -2.03. The van der Waals surface area contributed by atoms with E-state index in [2.05, 4.69) is 15.1 Å². The van der Waals surface area contributed by atoms with Crippen LogP contribution in [-0.4, -0.2) is 15.1 Å². The molecule has 0 unspecified atom stereocenters. The van der Waals surface area contributed by atoms with Gasteiger partial charge in [-0.25, -0.2) is 0 Å². The Balaban J connectivity index is 2.09. The van der Waals surface area contributed by atoms with Crippen LogP contribution in [-0.2, 0) is 0 Å². The normalized spacial score (nSPS) is 10.8. The number of nitrogen functional groups attached to an aromatic ring is 1. The second kappa shape index (κ2) is 5.52. The molecular weight excluding hydrogens is 335 g/mol. The maximum atomic E-state index is 6.04. The number of halogens is 3. The number of aromatic nitrogens is 3. The maximum absolute atomic E-state index is 6.04. The lowest BCUT2D eigenvalue weighted by molar-refractivity contribution is 0.432. The highest BCUT2D eigenvalue weighted by Crippen LogP contribution is 2.35. The summed E-state index contributed by atoms with van der Waals surface area (Å²) in [4.78, 5) is 8.35. The van der Waals surface area contributed by atoms with Gasteiger partial charge in [0.15, 0.2) is 0 Å². The zero-order valence-corrected chi connectivity index (χ0v) is 12.6. The van der Waals surface area contributed by atoms with Crippen molar-refractivity contribution in [3.8, 4) is 23.0 Å². The SMILES string of the molecule is Nc1c(Cl)cc(Cl)cc1-c1nc(-c2ncccc2Cl)no1. The van der Waals surface area contributed by atoms with Crippen LogP contribution in [0.4, 0.5) is 5.69 Å². The highest BCUT2D eigenvalue weighted by Gasteiger charge is 2.17. The fourth-order valence-corrected chi connectivity index (χ4v) is 2.44. The van der Waals surface area contributed by atoms with Crippen LogP contribution in [0.25, 0.3) is 23.0 Å². The van der Waals surface area contributed by atoms with E-state index in [-0.39, 0.29) is 11.7 Å². The van der Waals surface area contributed by atoms with E-state index in [1.165, 1.54) is 6.07 Å². The molecule has 106 valence electrons. The first-order valence-corrected chi connectivity index (χ1v) is 6.89. The van der Waals surface area contributed by atoms with Crippen molar-refractivity contribution in [2.24, 2.45) is 0 Å². The van der Waals surface area contributed by atoms with Crippen molar-refractivity contribution in [1.29, 1.82) is 0 Å². The molecule has 0 bridgehead atoms. The Morgan fingerprint density at radius 2 is 1.90 bits per heavy atom. The molecule has 0 saturated heterocycles. The molecule has 0 aliphatic rings. The fourth-order valence-electron chi connectivity index (χ4n) is 1.74. The summed E-state index contributed by atoms with van der Waals surface area (Å²) in [5, 5.41) is 5.00. The van der Waals surface area contributed by atoms with Crippen molar-refractivity contribution in [2.75, 3.05) is 5.73 Å². The minimum Gasteiger partial charge on any atom is -0.397 e. The molecule has 0 aliphatic carbocycles. The van der Waals surface area contributed by atoms with E-state index in [4.69, 9.17) is 45.1 Å². The third-order valence-electron chi connectivity index (χ3n) is 2.72. The number of nitrogens with zero attached hydrogens (tertiary/aromatic N) is 3. The maximum Gasteiger partial charge on any atom is 0.260 e. The molecule has 0 radical (unpaired) electrons. The van der Waals surface area contributed by atoms with E-state index in [1.54, 1.807) is 24.4 Å². The van der Waals surface area contributed by atoms with Crippen molar-refractivity contribution >= 4 is 40.5 Å². The lowest BCUT2D eigenvalue weighted by atomic mass is 10.2. The molecule has 21 heavy (non-hydrogen) atoms. The van der Waals surface area contributed by atoms with E-state index >= 15 is 0 Å². The van der Waals surface area contributed by atoms with Crippen LogP contribution in [0.3, 0.4) is 0 Å². The lowest BCUT2D eigenvalue weighted by Crippen LogP contribution is -1.92. The van der Waals surface area contributed by atoms with Crippen molar-refractivity contribution in [2.45, 2.75) is 0 Å². The van der Waals surface area contributed by atoms with E-state index in [1.807, 2.05) is 0 Å². The second-order valence-electron chi connectivity index (χ2n) is 4.11. The van der Waals surface area contributed by atoms with Crippen molar-refractivity contribution < 1.29 is 4.52 Å². The predicted octanol–water partition coefficient (Wildman–Crippen LogP) is 4.34.